The van der Waals surface area contributed by atoms with Gasteiger partial charge in [-0.3, -0.25) is 4.79 Å². The van der Waals surface area contributed by atoms with Gasteiger partial charge < -0.3 is 14.5 Å². The van der Waals surface area contributed by atoms with Crippen molar-refractivity contribution in [2.45, 2.75) is 30.7 Å². The second kappa shape index (κ2) is 8.12. The van der Waals surface area contributed by atoms with Crippen LogP contribution in [0, 0.1) is 6.92 Å². The number of sulfonamides is 1. The molecule has 0 unspecified atom stereocenters. The van der Waals surface area contributed by atoms with Gasteiger partial charge in [0.05, 0.1) is 18.3 Å². The standard InChI is InChI=1S/C22H24N2O5S/c1-15-11-14-29-21(15)22(25)23-16-9-12-24(13-10-16)30(26,27)20-8-7-19(28-2)17-5-3-4-6-18(17)20/h3-8,11,14,16H,9-10,12-13H2,1-2H3,(H,23,25). The summed E-state index contributed by atoms with van der Waals surface area (Å²) in [6.45, 7) is 2.49. The van der Waals surface area contributed by atoms with Gasteiger partial charge in [0, 0.05) is 35.5 Å². The van der Waals surface area contributed by atoms with Crippen LogP contribution in [-0.2, 0) is 10.0 Å². The third-order valence-electron chi connectivity index (χ3n) is 5.54. The molecule has 0 saturated carbocycles. The first kappa shape index (κ1) is 20.4. The van der Waals surface area contributed by atoms with Gasteiger partial charge in [-0.15, -0.1) is 0 Å². The quantitative estimate of drug-likeness (QED) is 0.673. The van der Waals surface area contributed by atoms with Crippen molar-refractivity contribution in [3.8, 4) is 5.75 Å². The summed E-state index contributed by atoms with van der Waals surface area (Å²) >= 11 is 0. The molecule has 30 heavy (non-hydrogen) atoms. The first-order chi connectivity index (χ1) is 14.4. The normalized spacial score (nSPS) is 15.9. The molecule has 4 rings (SSSR count). The second-order valence-electron chi connectivity index (χ2n) is 7.40. The van der Waals surface area contributed by atoms with Gasteiger partial charge in [-0.1, -0.05) is 24.3 Å². The Morgan fingerprint density at radius 2 is 1.80 bits per heavy atom. The molecule has 0 bridgehead atoms. The van der Waals surface area contributed by atoms with Gasteiger partial charge in [-0.2, -0.15) is 4.31 Å². The van der Waals surface area contributed by atoms with Gasteiger partial charge in [0.15, 0.2) is 5.76 Å². The van der Waals surface area contributed by atoms with Crippen molar-refractivity contribution >= 4 is 26.7 Å². The Morgan fingerprint density at radius 1 is 1.10 bits per heavy atom. The number of carbonyl (C=O) groups excluding carboxylic acids is 1. The Kier molecular flexibility index (Phi) is 5.53. The molecule has 0 aliphatic carbocycles. The fourth-order valence-corrected chi connectivity index (χ4v) is 5.55. The van der Waals surface area contributed by atoms with E-state index in [1.54, 1.807) is 31.4 Å². The number of amides is 1. The average Bonchev–Trinajstić information content (AvgIpc) is 3.19. The van der Waals surface area contributed by atoms with Crippen molar-refractivity contribution in [2.24, 2.45) is 0 Å². The van der Waals surface area contributed by atoms with E-state index in [1.807, 2.05) is 25.1 Å². The zero-order valence-electron chi connectivity index (χ0n) is 16.9. The van der Waals surface area contributed by atoms with E-state index in [9.17, 15) is 13.2 Å². The lowest BCUT2D eigenvalue weighted by atomic mass is 10.1. The lowest BCUT2D eigenvalue weighted by Crippen LogP contribution is -2.46. The van der Waals surface area contributed by atoms with Crippen LogP contribution in [0.5, 0.6) is 5.75 Å². The summed E-state index contributed by atoms with van der Waals surface area (Å²) in [7, 11) is -2.10. The molecule has 3 aromatic rings. The zero-order chi connectivity index (χ0) is 21.3. The number of ether oxygens (including phenoxy) is 1. The fraction of sp³-hybridized carbons (Fsp3) is 0.318. The van der Waals surface area contributed by atoms with Crippen LogP contribution in [0.4, 0.5) is 0 Å². The van der Waals surface area contributed by atoms with Crippen molar-refractivity contribution in [1.82, 2.24) is 9.62 Å². The molecule has 1 N–H and O–H groups in total. The average molecular weight is 429 g/mol. The highest BCUT2D eigenvalue weighted by Crippen LogP contribution is 2.33. The molecule has 1 amide bonds. The van der Waals surface area contributed by atoms with Gasteiger partial charge >= 0.3 is 0 Å². The molecule has 1 fully saturated rings. The van der Waals surface area contributed by atoms with Gasteiger partial charge in [-0.25, -0.2) is 8.42 Å². The molecule has 0 spiro atoms. The van der Waals surface area contributed by atoms with Crippen molar-refractivity contribution in [1.29, 1.82) is 0 Å². The number of furan rings is 1. The fourth-order valence-electron chi connectivity index (χ4n) is 3.88. The molecule has 1 aliphatic rings. The number of nitrogens with one attached hydrogen (secondary N) is 1. The number of methoxy groups -OCH3 is 1. The van der Waals surface area contributed by atoms with E-state index in [0.29, 0.717) is 42.8 Å². The van der Waals surface area contributed by atoms with E-state index in [-0.39, 0.29) is 16.8 Å². The topological polar surface area (TPSA) is 88.9 Å². The highest BCUT2D eigenvalue weighted by atomic mass is 32.2. The van der Waals surface area contributed by atoms with Crippen LogP contribution < -0.4 is 10.1 Å². The number of rotatable bonds is 5. The van der Waals surface area contributed by atoms with Crippen LogP contribution >= 0.6 is 0 Å². The third-order valence-corrected chi connectivity index (χ3v) is 7.50. The molecule has 8 heteroatoms. The monoisotopic (exact) mass is 428 g/mol. The van der Waals surface area contributed by atoms with E-state index in [4.69, 9.17) is 9.15 Å². The van der Waals surface area contributed by atoms with Crippen molar-refractivity contribution in [3.63, 3.8) is 0 Å². The van der Waals surface area contributed by atoms with Gasteiger partial charge in [0.25, 0.3) is 5.91 Å². The van der Waals surface area contributed by atoms with Gasteiger partial charge in [-0.05, 0) is 38.0 Å². The predicted octanol–water partition coefficient (Wildman–Crippen LogP) is 3.33. The number of hydrogen-bond acceptors (Lipinski definition) is 5. The van der Waals surface area contributed by atoms with Crippen molar-refractivity contribution in [2.75, 3.05) is 20.2 Å². The maximum absolute atomic E-state index is 13.3. The van der Waals surface area contributed by atoms with Crippen LogP contribution in [0.15, 0.2) is 58.0 Å². The van der Waals surface area contributed by atoms with Crippen LogP contribution in [-0.4, -0.2) is 44.9 Å². The van der Waals surface area contributed by atoms with E-state index in [2.05, 4.69) is 5.32 Å². The first-order valence-corrected chi connectivity index (χ1v) is 11.3. The minimum Gasteiger partial charge on any atom is -0.496 e. The number of hydrogen-bond donors (Lipinski definition) is 1. The molecule has 0 atom stereocenters. The first-order valence-electron chi connectivity index (χ1n) is 9.82. The highest BCUT2D eigenvalue weighted by molar-refractivity contribution is 7.89. The summed E-state index contributed by atoms with van der Waals surface area (Å²) in [4.78, 5) is 12.6. The Labute approximate surface area is 175 Å². The summed E-state index contributed by atoms with van der Waals surface area (Å²) in [5.41, 5.74) is 0.777. The Balaban J connectivity index is 1.50. The molecule has 158 valence electrons. The number of fused-ring (bicyclic) bond motifs is 1. The molecule has 1 aromatic heterocycles. The summed E-state index contributed by atoms with van der Waals surface area (Å²) in [5.74, 6) is 0.675. The minimum atomic E-state index is -3.67. The summed E-state index contributed by atoms with van der Waals surface area (Å²) < 4.78 is 38.8. The van der Waals surface area contributed by atoms with E-state index in [1.165, 1.54) is 10.6 Å². The third kappa shape index (κ3) is 3.68. The van der Waals surface area contributed by atoms with Crippen LogP contribution in [0.25, 0.3) is 10.8 Å². The maximum atomic E-state index is 13.3. The Hall–Kier alpha value is -2.84. The smallest absolute Gasteiger partial charge is 0.287 e. The van der Waals surface area contributed by atoms with Crippen LogP contribution in [0.1, 0.15) is 29.0 Å². The van der Waals surface area contributed by atoms with Crippen molar-refractivity contribution in [3.05, 3.63) is 60.1 Å². The molecular weight excluding hydrogens is 404 g/mol. The molecule has 1 saturated heterocycles. The highest BCUT2D eigenvalue weighted by Gasteiger charge is 2.31. The number of piperidine rings is 1. The summed E-state index contributed by atoms with van der Waals surface area (Å²) in [5, 5.41) is 4.35. The molecule has 1 aliphatic heterocycles. The summed E-state index contributed by atoms with van der Waals surface area (Å²) in [6.07, 6.45) is 2.57. The number of aryl methyl sites for hydroxylation is 1. The molecule has 2 heterocycles. The Bertz CT molecular complexity index is 1180. The van der Waals surface area contributed by atoms with Crippen molar-refractivity contribution < 1.29 is 22.4 Å². The summed E-state index contributed by atoms with van der Waals surface area (Å²) in [6, 6.07) is 12.3. The lowest BCUT2D eigenvalue weighted by molar-refractivity contribution is 0.0895. The number of benzene rings is 2. The maximum Gasteiger partial charge on any atom is 0.287 e. The van der Waals surface area contributed by atoms with E-state index < -0.39 is 10.0 Å². The SMILES string of the molecule is COc1ccc(S(=O)(=O)N2CCC(NC(=O)c3occc3C)CC2)c2ccccc12. The number of carbonyl (C=O) groups is 1. The van der Waals surface area contributed by atoms with Gasteiger partial charge in [0.1, 0.15) is 5.75 Å². The molecule has 2 aromatic carbocycles. The zero-order valence-corrected chi connectivity index (χ0v) is 17.7. The molecule has 7 nitrogen and oxygen atoms in total. The molecular formula is C22H24N2O5S. The lowest BCUT2D eigenvalue weighted by Gasteiger charge is -2.31. The minimum absolute atomic E-state index is 0.0962. The second-order valence-corrected chi connectivity index (χ2v) is 9.30. The molecule has 0 radical (unpaired) electrons. The van der Waals surface area contributed by atoms with Crippen LogP contribution in [0.3, 0.4) is 0 Å². The van der Waals surface area contributed by atoms with Gasteiger partial charge in [0.2, 0.25) is 10.0 Å². The van der Waals surface area contributed by atoms with Crippen LogP contribution in [0.2, 0.25) is 0 Å². The largest absolute Gasteiger partial charge is 0.496 e. The number of nitrogens with zero attached hydrogens (tertiary/aromatic N) is 1. The Morgan fingerprint density at radius 3 is 2.43 bits per heavy atom. The van der Waals surface area contributed by atoms with E-state index >= 15 is 0 Å². The predicted molar refractivity (Wildman–Crippen MR) is 113 cm³/mol. The van der Waals surface area contributed by atoms with E-state index in [0.717, 1.165) is 10.9 Å².